The second kappa shape index (κ2) is 8.24. The normalized spacial score (nSPS) is 12.0. The number of fused-ring (bicyclic) bond motifs is 2. The van der Waals surface area contributed by atoms with Crippen LogP contribution >= 0.6 is 11.6 Å². The van der Waals surface area contributed by atoms with Gasteiger partial charge < -0.3 is 9.88 Å². The van der Waals surface area contributed by atoms with Gasteiger partial charge in [-0.25, -0.2) is 16.8 Å². The Labute approximate surface area is 205 Å². The van der Waals surface area contributed by atoms with Crippen LogP contribution in [0.5, 0.6) is 0 Å². The van der Waals surface area contributed by atoms with E-state index in [1.807, 2.05) is 0 Å². The number of hydrogen-bond donors (Lipinski definition) is 1. The van der Waals surface area contributed by atoms with E-state index in [1.165, 1.54) is 33.1 Å². The predicted molar refractivity (Wildman–Crippen MR) is 136 cm³/mol. The third kappa shape index (κ3) is 3.78. The van der Waals surface area contributed by atoms with Gasteiger partial charge in [-0.15, -0.1) is 0 Å². The summed E-state index contributed by atoms with van der Waals surface area (Å²) in [5.41, 5.74) is 2.74. The lowest BCUT2D eigenvalue weighted by molar-refractivity contribution is 0.590. The number of halogens is 2. The molecular formula is C24H21ClFN5O3S. The van der Waals surface area contributed by atoms with Gasteiger partial charge in [0.2, 0.25) is 10.0 Å². The Morgan fingerprint density at radius 2 is 1.86 bits per heavy atom. The largest absolute Gasteiger partial charge is 0.353 e. The first kappa shape index (κ1) is 23.1. The van der Waals surface area contributed by atoms with E-state index in [1.54, 1.807) is 56.2 Å². The van der Waals surface area contributed by atoms with Crippen molar-refractivity contribution in [2.24, 2.45) is 14.1 Å². The Hall–Kier alpha value is -3.63. The number of benzene rings is 2. The van der Waals surface area contributed by atoms with Gasteiger partial charge in [0.1, 0.15) is 5.82 Å². The van der Waals surface area contributed by atoms with E-state index in [9.17, 15) is 17.6 Å². The summed E-state index contributed by atoms with van der Waals surface area (Å²) in [4.78, 5) is 12.7. The van der Waals surface area contributed by atoms with Gasteiger partial charge in [0.05, 0.1) is 34.1 Å². The minimum atomic E-state index is -3.57. The number of nitrogens with zero attached hydrogens (tertiary/aromatic N) is 4. The number of pyridine rings is 1. The lowest BCUT2D eigenvalue weighted by Gasteiger charge is -2.17. The summed E-state index contributed by atoms with van der Waals surface area (Å²) >= 11 is 5.92. The summed E-state index contributed by atoms with van der Waals surface area (Å²) < 4.78 is 44.4. The summed E-state index contributed by atoms with van der Waals surface area (Å²) in [5.74, 6) is -0.616. The summed E-state index contributed by atoms with van der Waals surface area (Å²) in [6.45, 7) is 1.58. The fourth-order valence-electron chi connectivity index (χ4n) is 4.22. The van der Waals surface area contributed by atoms with E-state index >= 15 is 0 Å². The minimum absolute atomic E-state index is 0.0755. The van der Waals surface area contributed by atoms with Crippen molar-refractivity contribution in [2.45, 2.75) is 6.92 Å². The van der Waals surface area contributed by atoms with Crippen LogP contribution in [-0.4, -0.2) is 32.5 Å². The molecule has 180 valence electrons. The van der Waals surface area contributed by atoms with Crippen molar-refractivity contribution in [2.75, 3.05) is 11.1 Å². The zero-order valence-electron chi connectivity index (χ0n) is 19.1. The fraction of sp³-hybridized carbons (Fsp3) is 0.167. The van der Waals surface area contributed by atoms with E-state index in [0.717, 1.165) is 0 Å². The first-order chi connectivity index (χ1) is 16.6. The zero-order chi connectivity index (χ0) is 25.1. The molecule has 2 aromatic carbocycles. The quantitative estimate of drug-likeness (QED) is 0.370. The van der Waals surface area contributed by atoms with Crippen molar-refractivity contribution in [3.63, 3.8) is 0 Å². The molecule has 0 atom stereocenters. The van der Waals surface area contributed by atoms with Crippen LogP contribution in [-0.2, 0) is 24.1 Å². The SMILES string of the molecule is CCS(=O)(=O)n1ccc2cc(Nc3ccc(Cl)cc3F)c(-c3cn(C)c(=O)c4cnn(C)c34)cc21. The zero-order valence-corrected chi connectivity index (χ0v) is 20.7. The van der Waals surface area contributed by atoms with Crippen molar-refractivity contribution in [3.05, 3.63) is 76.2 Å². The molecule has 0 fully saturated rings. The number of rotatable bonds is 5. The number of aromatic nitrogens is 4. The number of aryl methyl sites for hydroxylation is 2. The molecule has 1 N–H and O–H groups in total. The van der Waals surface area contributed by atoms with E-state index in [2.05, 4.69) is 10.4 Å². The first-order valence-electron chi connectivity index (χ1n) is 10.7. The Kier molecular flexibility index (Phi) is 5.45. The molecule has 5 aromatic rings. The molecule has 8 nitrogen and oxygen atoms in total. The Morgan fingerprint density at radius 3 is 2.57 bits per heavy atom. The Morgan fingerprint density at radius 1 is 1.09 bits per heavy atom. The molecule has 0 aliphatic rings. The minimum Gasteiger partial charge on any atom is -0.353 e. The van der Waals surface area contributed by atoms with Crippen LogP contribution in [0.3, 0.4) is 0 Å². The second-order valence-electron chi connectivity index (χ2n) is 8.21. The monoisotopic (exact) mass is 513 g/mol. The molecule has 5 rings (SSSR count). The summed E-state index contributed by atoms with van der Waals surface area (Å²) in [6, 6.07) is 9.48. The number of nitrogens with one attached hydrogen (secondary N) is 1. The third-order valence-electron chi connectivity index (χ3n) is 6.02. The Balaban J connectivity index is 1.86. The molecule has 0 saturated carbocycles. The molecular weight excluding hydrogens is 493 g/mol. The molecule has 0 aliphatic heterocycles. The first-order valence-corrected chi connectivity index (χ1v) is 12.7. The lowest BCUT2D eigenvalue weighted by Crippen LogP contribution is -2.16. The molecule has 0 aliphatic carbocycles. The molecule has 0 radical (unpaired) electrons. The van der Waals surface area contributed by atoms with Crippen molar-refractivity contribution in [1.82, 2.24) is 18.3 Å². The average molecular weight is 514 g/mol. The highest BCUT2D eigenvalue weighted by atomic mass is 35.5. The highest BCUT2D eigenvalue weighted by Gasteiger charge is 2.20. The summed E-state index contributed by atoms with van der Waals surface area (Å²) in [7, 11) is -0.215. The van der Waals surface area contributed by atoms with Crippen LogP contribution in [0.2, 0.25) is 5.02 Å². The van der Waals surface area contributed by atoms with Gasteiger partial charge in [-0.1, -0.05) is 11.6 Å². The molecule has 35 heavy (non-hydrogen) atoms. The third-order valence-corrected chi connectivity index (χ3v) is 7.90. The topological polar surface area (TPSA) is 90.9 Å². The molecule has 0 spiro atoms. The van der Waals surface area contributed by atoms with Crippen molar-refractivity contribution >= 4 is 54.8 Å². The van der Waals surface area contributed by atoms with Crippen LogP contribution < -0.4 is 10.9 Å². The van der Waals surface area contributed by atoms with Crippen LogP contribution in [0, 0.1) is 5.82 Å². The summed E-state index contributed by atoms with van der Waals surface area (Å²) in [6.07, 6.45) is 4.66. The van der Waals surface area contributed by atoms with Crippen LogP contribution in [0.4, 0.5) is 15.8 Å². The van der Waals surface area contributed by atoms with Gasteiger partial charge in [-0.2, -0.15) is 5.10 Å². The smallest absolute Gasteiger partial charge is 0.261 e. The molecule has 11 heteroatoms. The van der Waals surface area contributed by atoms with Gasteiger partial charge in [0.25, 0.3) is 5.56 Å². The van der Waals surface area contributed by atoms with Gasteiger partial charge in [0, 0.05) is 53.7 Å². The standard InChI is InChI=1S/C24H21ClFN5O3S/c1-4-35(33,34)31-8-7-14-9-21(28-20-6-5-15(25)10-19(20)26)16(11-22(14)31)18-13-29(2)24(32)17-12-27-30(3)23(17)18/h5-13,28H,4H2,1-3H3. The van der Waals surface area contributed by atoms with Crippen LogP contribution in [0.25, 0.3) is 32.9 Å². The van der Waals surface area contributed by atoms with Gasteiger partial charge in [-0.3, -0.25) is 9.48 Å². The lowest BCUT2D eigenvalue weighted by atomic mass is 10.0. The maximum Gasteiger partial charge on any atom is 0.261 e. The number of hydrogen-bond acceptors (Lipinski definition) is 5. The van der Waals surface area contributed by atoms with Gasteiger partial charge in [-0.05, 0) is 43.3 Å². The number of anilines is 2. The predicted octanol–water partition coefficient (Wildman–Crippen LogP) is 4.63. The summed E-state index contributed by atoms with van der Waals surface area (Å²) in [5, 5.41) is 8.69. The van der Waals surface area contributed by atoms with E-state index in [4.69, 9.17) is 11.6 Å². The highest BCUT2D eigenvalue weighted by molar-refractivity contribution is 7.90. The molecule has 0 amide bonds. The van der Waals surface area contributed by atoms with Gasteiger partial charge >= 0.3 is 0 Å². The van der Waals surface area contributed by atoms with Crippen molar-refractivity contribution in [3.8, 4) is 11.1 Å². The van der Waals surface area contributed by atoms with Crippen molar-refractivity contribution in [1.29, 1.82) is 0 Å². The molecule has 3 aromatic heterocycles. The average Bonchev–Trinajstić information content (AvgIpc) is 3.41. The van der Waals surface area contributed by atoms with Gasteiger partial charge in [0.15, 0.2) is 0 Å². The molecule has 0 unspecified atom stereocenters. The fourth-order valence-corrected chi connectivity index (χ4v) is 5.36. The van der Waals surface area contributed by atoms with E-state index < -0.39 is 15.8 Å². The molecule has 0 saturated heterocycles. The van der Waals surface area contributed by atoms with E-state index in [0.29, 0.717) is 38.6 Å². The maximum absolute atomic E-state index is 14.7. The molecule has 3 heterocycles. The maximum atomic E-state index is 14.7. The van der Waals surface area contributed by atoms with Crippen molar-refractivity contribution < 1.29 is 12.8 Å². The Bertz CT molecular complexity index is 1800. The van der Waals surface area contributed by atoms with Crippen LogP contribution in [0.15, 0.2) is 59.8 Å². The highest BCUT2D eigenvalue weighted by Crippen LogP contribution is 2.38. The second-order valence-corrected chi connectivity index (χ2v) is 10.8. The van der Waals surface area contributed by atoms with E-state index in [-0.39, 0.29) is 22.0 Å². The van der Waals surface area contributed by atoms with Crippen LogP contribution in [0.1, 0.15) is 6.92 Å². The molecule has 0 bridgehead atoms.